The summed E-state index contributed by atoms with van der Waals surface area (Å²) in [5, 5.41) is 6.99. The van der Waals surface area contributed by atoms with Crippen LogP contribution in [-0.4, -0.2) is 35.6 Å². The SMILES string of the molecule is O=C(Nc1cccc(C(F)(F)F)c1)c1c2c(nn1[C@H]1CCS(=O)(=O)C1)CCC2. The number of nitrogens with zero attached hydrogens (tertiary/aromatic N) is 2. The largest absolute Gasteiger partial charge is 0.416 e. The summed E-state index contributed by atoms with van der Waals surface area (Å²) >= 11 is 0. The number of aromatic nitrogens is 2. The first-order valence-electron chi connectivity index (χ1n) is 8.93. The molecule has 0 bridgehead atoms. The van der Waals surface area contributed by atoms with Gasteiger partial charge in [-0.15, -0.1) is 0 Å². The van der Waals surface area contributed by atoms with E-state index in [1.54, 1.807) is 0 Å². The Morgan fingerprint density at radius 3 is 2.71 bits per heavy atom. The molecule has 2 aromatic rings. The van der Waals surface area contributed by atoms with Crippen LogP contribution in [0.2, 0.25) is 0 Å². The number of nitrogens with one attached hydrogen (secondary N) is 1. The van der Waals surface area contributed by atoms with Crippen LogP contribution in [0.15, 0.2) is 24.3 Å². The van der Waals surface area contributed by atoms with Crippen LogP contribution in [0.4, 0.5) is 18.9 Å². The van der Waals surface area contributed by atoms with Crippen molar-refractivity contribution in [2.45, 2.75) is 37.9 Å². The van der Waals surface area contributed by atoms with E-state index < -0.39 is 33.5 Å². The van der Waals surface area contributed by atoms with Gasteiger partial charge in [0.15, 0.2) is 9.84 Å². The van der Waals surface area contributed by atoms with Gasteiger partial charge in [-0.1, -0.05) is 6.07 Å². The first kappa shape index (κ1) is 19.0. The van der Waals surface area contributed by atoms with E-state index in [0.29, 0.717) is 19.3 Å². The first-order chi connectivity index (χ1) is 13.1. The first-order valence-corrected chi connectivity index (χ1v) is 10.8. The van der Waals surface area contributed by atoms with Gasteiger partial charge in [0.1, 0.15) is 5.69 Å². The van der Waals surface area contributed by atoms with E-state index in [4.69, 9.17) is 0 Å². The number of carbonyl (C=O) groups is 1. The average molecular weight is 413 g/mol. The Morgan fingerprint density at radius 2 is 2.04 bits per heavy atom. The van der Waals surface area contributed by atoms with Gasteiger partial charge in [0.2, 0.25) is 0 Å². The van der Waals surface area contributed by atoms with Crippen LogP contribution >= 0.6 is 0 Å². The maximum atomic E-state index is 12.9. The molecule has 2 aliphatic rings. The van der Waals surface area contributed by atoms with Crippen molar-refractivity contribution in [1.82, 2.24) is 9.78 Å². The molecule has 1 aromatic heterocycles. The number of hydrogen-bond donors (Lipinski definition) is 1. The van der Waals surface area contributed by atoms with E-state index in [9.17, 15) is 26.4 Å². The smallest absolute Gasteiger partial charge is 0.321 e. The Kier molecular flexibility index (Phi) is 4.48. The molecule has 0 saturated carbocycles. The van der Waals surface area contributed by atoms with Gasteiger partial charge in [-0.25, -0.2) is 8.42 Å². The number of hydrogen-bond acceptors (Lipinski definition) is 4. The van der Waals surface area contributed by atoms with E-state index >= 15 is 0 Å². The Labute approximate surface area is 159 Å². The van der Waals surface area contributed by atoms with Crippen LogP contribution in [0.1, 0.15) is 46.2 Å². The molecule has 6 nitrogen and oxygen atoms in total. The molecule has 0 unspecified atom stereocenters. The Balaban J connectivity index is 1.66. The molecule has 1 amide bonds. The predicted molar refractivity (Wildman–Crippen MR) is 96.0 cm³/mol. The second-order valence-electron chi connectivity index (χ2n) is 7.16. The number of sulfone groups is 1. The highest BCUT2D eigenvalue weighted by Gasteiger charge is 2.36. The number of carbonyl (C=O) groups excluding carboxylic acids is 1. The summed E-state index contributed by atoms with van der Waals surface area (Å²) in [5.41, 5.74) is 0.948. The molecule has 150 valence electrons. The van der Waals surface area contributed by atoms with E-state index in [0.717, 1.165) is 29.8 Å². The van der Waals surface area contributed by atoms with Gasteiger partial charge in [-0.3, -0.25) is 9.48 Å². The van der Waals surface area contributed by atoms with Crippen LogP contribution in [0.25, 0.3) is 0 Å². The van der Waals surface area contributed by atoms with Crippen molar-refractivity contribution in [3.8, 4) is 0 Å². The molecule has 0 spiro atoms. The molecule has 1 aliphatic carbocycles. The van der Waals surface area contributed by atoms with Crippen molar-refractivity contribution in [1.29, 1.82) is 0 Å². The molecule has 28 heavy (non-hydrogen) atoms. The standard InChI is InChI=1S/C18H18F3N3O3S/c19-18(20,21)11-3-1-4-12(9-11)22-17(25)16-14-5-2-6-15(14)23-24(16)13-7-8-28(26,27)10-13/h1,3-4,9,13H,2,5-8,10H2,(H,22,25)/t13-/m0/s1. The number of anilines is 1. The molecule has 1 aliphatic heterocycles. The second kappa shape index (κ2) is 6.61. The van der Waals surface area contributed by atoms with Crippen LogP contribution < -0.4 is 5.32 Å². The maximum Gasteiger partial charge on any atom is 0.416 e. The normalized spacial score (nSPS) is 20.9. The summed E-state index contributed by atoms with van der Waals surface area (Å²) in [4.78, 5) is 12.9. The molecule has 1 fully saturated rings. The van der Waals surface area contributed by atoms with Crippen molar-refractivity contribution in [2.24, 2.45) is 0 Å². The van der Waals surface area contributed by atoms with Gasteiger partial charge in [0, 0.05) is 11.3 Å². The minimum atomic E-state index is -4.51. The zero-order chi connectivity index (χ0) is 20.1. The van der Waals surface area contributed by atoms with E-state index in [1.165, 1.54) is 16.8 Å². The highest BCUT2D eigenvalue weighted by Crippen LogP contribution is 2.33. The maximum absolute atomic E-state index is 12.9. The molecule has 10 heteroatoms. The summed E-state index contributed by atoms with van der Waals surface area (Å²) in [7, 11) is -3.18. The van der Waals surface area contributed by atoms with Crippen LogP contribution in [-0.2, 0) is 28.9 Å². The molecule has 1 aromatic carbocycles. The van der Waals surface area contributed by atoms with Crippen LogP contribution in [0, 0.1) is 0 Å². The fraction of sp³-hybridized carbons (Fsp3) is 0.444. The summed E-state index contributed by atoms with van der Waals surface area (Å²) in [6.07, 6.45) is -1.97. The summed E-state index contributed by atoms with van der Waals surface area (Å²) in [6.45, 7) is 0. The fourth-order valence-corrected chi connectivity index (χ4v) is 5.54. The second-order valence-corrected chi connectivity index (χ2v) is 9.39. The lowest BCUT2D eigenvalue weighted by Crippen LogP contribution is -2.23. The van der Waals surface area contributed by atoms with Crippen molar-refractivity contribution < 1.29 is 26.4 Å². The van der Waals surface area contributed by atoms with Crippen molar-refractivity contribution in [2.75, 3.05) is 16.8 Å². The van der Waals surface area contributed by atoms with Crippen LogP contribution in [0.5, 0.6) is 0 Å². The highest BCUT2D eigenvalue weighted by molar-refractivity contribution is 7.91. The summed E-state index contributed by atoms with van der Waals surface area (Å²) < 4.78 is 63.9. The molecule has 0 radical (unpaired) electrons. The van der Waals surface area contributed by atoms with Crippen LogP contribution in [0.3, 0.4) is 0 Å². The van der Waals surface area contributed by atoms with Gasteiger partial charge in [0.05, 0.1) is 28.8 Å². The third kappa shape index (κ3) is 3.52. The van der Waals surface area contributed by atoms with Gasteiger partial charge < -0.3 is 5.32 Å². The molecular formula is C18H18F3N3O3S. The number of alkyl halides is 3. The number of amides is 1. The molecule has 1 atom stereocenters. The summed E-state index contributed by atoms with van der Waals surface area (Å²) in [5.74, 6) is -0.617. The lowest BCUT2D eigenvalue weighted by molar-refractivity contribution is -0.137. The molecule has 1 saturated heterocycles. The van der Waals surface area contributed by atoms with Crippen molar-refractivity contribution in [3.63, 3.8) is 0 Å². The fourth-order valence-electron chi connectivity index (χ4n) is 3.85. The minimum Gasteiger partial charge on any atom is -0.321 e. The van der Waals surface area contributed by atoms with E-state index in [1.807, 2.05) is 0 Å². The lowest BCUT2D eigenvalue weighted by Gasteiger charge is -2.15. The van der Waals surface area contributed by atoms with Gasteiger partial charge in [0.25, 0.3) is 5.91 Å². The number of aryl methyl sites for hydroxylation is 1. The van der Waals surface area contributed by atoms with Gasteiger partial charge in [-0.05, 0) is 43.9 Å². The van der Waals surface area contributed by atoms with Crippen molar-refractivity contribution >= 4 is 21.4 Å². The Hall–Kier alpha value is -2.36. The minimum absolute atomic E-state index is 0.0263. The van der Waals surface area contributed by atoms with Crippen molar-refractivity contribution in [3.05, 3.63) is 46.8 Å². The Morgan fingerprint density at radius 1 is 1.25 bits per heavy atom. The third-order valence-electron chi connectivity index (χ3n) is 5.15. The van der Waals surface area contributed by atoms with E-state index in [2.05, 4.69) is 10.4 Å². The Bertz CT molecular complexity index is 1040. The number of halogens is 3. The highest BCUT2D eigenvalue weighted by atomic mass is 32.2. The zero-order valence-electron chi connectivity index (χ0n) is 14.8. The summed E-state index contributed by atoms with van der Waals surface area (Å²) in [6, 6.07) is 3.98. The third-order valence-corrected chi connectivity index (χ3v) is 6.90. The predicted octanol–water partition coefficient (Wildman–Crippen LogP) is 3.00. The quantitative estimate of drug-likeness (QED) is 0.839. The molecule has 4 rings (SSSR count). The topological polar surface area (TPSA) is 81.1 Å². The van der Waals surface area contributed by atoms with Gasteiger partial charge in [-0.2, -0.15) is 18.3 Å². The number of rotatable bonds is 3. The average Bonchev–Trinajstić information content (AvgIpc) is 3.27. The number of benzene rings is 1. The molecular weight excluding hydrogens is 395 g/mol. The molecule has 1 N–H and O–H groups in total. The van der Waals surface area contributed by atoms with Gasteiger partial charge >= 0.3 is 6.18 Å². The monoisotopic (exact) mass is 413 g/mol. The number of fused-ring (bicyclic) bond motifs is 1. The van der Waals surface area contributed by atoms with E-state index in [-0.39, 0.29) is 22.9 Å². The zero-order valence-corrected chi connectivity index (χ0v) is 15.6. The molecule has 2 heterocycles. The lowest BCUT2D eigenvalue weighted by atomic mass is 10.1.